The van der Waals surface area contributed by atoms with Gasteiger partial charge in [-0.1, -0.05) is 31.0 Å². The first-order valence-electron chi connectivity index (χ1n) is 9.85. The van der Waals surface area contributed by atoms with E-state index in [4.69, 9.17) is 5.73 Å². The number of rotatable bonds is 6. The molecule has 0 aliphatic carbocycles. The summed E-state index contributed by atoms with van der Waals surface area (Å²) in [5.41, 5.74) is 8.58. The largest absolute Gasteiger partial charge is 0.399 e. The van der Waals surface area contributed by atoms with E-state index in [1.807, 2.05) is 30.3 Å². The predicted octanol–water partition coefficient (Wildman–Crippen LogP) is 4.11. The third-order valence-electron chi connectivity index (χ3n) is 4.84. The van der Waals surface area contributed by atoms with Crippen LogP contribution in [0, 0.1) is 0 Å². The van der Waals surface area contributed by atoms with E-state index in [0.29, 0.717) is 23.6 Å². The number of carbonyl (C=O) groups is 2. The molecule has 1 heterocycles. The van der Waals surface area contributed by atoms with Crippen LogP contribution in [0.2, 0.25) is 0 Å². The summed E-state index contributed by atoms with van der Waals surface area (Å²) in [7, 11) is 0. The van der Waals surface area contributed by atoms with Gasteiger partial charge in [-0.15, -0.1) is 24.8 Å². The maximum Gasteiger partial charge on any atom is 0.238 e. The van der Waals surface area contributed by atoms with Gasteiger partial charge >= 0.3 is 0 Å². The SMILES string of the molecule is Cl.Cl.Nc1ccc(CC(=O)Nc2cccc(NC(=O)CN3CCCCCC3)c2)cc1. The van der Waals surface area contributed by atoms with Crippen LogP contribution in [0.4, 0.5) is 17.1 Å². The Hall–Kier alpha value is -2.28. The van der Waals surface area contributed by atoms with Crippen molar-refractivity contribution in [3.05, 3.63) is 54.1 Å². The smallest absolute Gasteiger partial charge is 0.238 e. The molecule has 0 unspecified atom stereocenters. The van der Waals surface area contributed by atoms with Gasteiger partial charge in [-0.05, 0) is 61.8 Å². The molecule has 0 atom stereocenters. The van der Waals surface area contributed by atoms with Crippen LogP contribution >= 0.6 is 24.8 Å². The number of nitrogens with one attached hydrogen (secondary N) is 2. The Balaban J connectivity index is 0.00000225. The van der Waals surface area contributed by atoms with E-state index in [1.54, 1.807) is 18.2 Å². The van der Waals surface area contributed by atoms with E-state index in [0.717, 1.165) is 31.5 Å². The van der Waals surface area contributed by atoms with Gasteiger partial charge in [-0.3, -0.25) is 14.5 Å². The molecular weight excluding hydrogens is 423 g/mol. The summed E-state index contributed by atoms with van der Waals surface area (Å²) in [6, 6.07) is 14.5. The fraction of sp³-hybridized carbons (Fsp3) is 0.364. The van der Waals surface area contributed by atoms with E-state index >= 15 is 0 Å². The Labute approximate surface area is 190 Å². The minimum atomic E-state index is -0.113. The Morgan fingerprint density at radius 1 is 0.833 bits per heavy atom. The van der Waals surface area contributed by atoms with Crippen molar-refractivity contribution in [2.75, 3.05) is 36.0 Å². The van der Waals surface area contributed by atoms with Gasteiger partial charge in [0.2, 0.25) is 11.8 Å². The first kappa shape index (κ1) is 25.8. The number of nitrogens with zero attached hydrogens (tertiary/aromatic N) is 1. The molecule has 0 saturated carbocycles. The van der Waals surface area contributed by atoms with E-state index < -0.39 is 0 Å². The minimum absolute atomic E-state index is 0. The number of benzene rings is 2. The van der Waals surface area contributed by atoms with E-state index in [2.05, 4.69) is 15.5 Å². The first-order chi connectivity index (χ1) is 13.6. The average molecular weight is 453 g/mol. The fourth-order valence-electron chi connectivity index (χ4n) is 3.40. The molecule has 1 aliphatic rings. The minimum Gasteiger partial charge on any atom is -0.399 e. The quantitative estimate of drug-likeness (QED) is 0.575. The lowest BCUT2D eigenvalue weighted by Crippen LogP contribution is -2.33. The van der Waals surface area contributed by atoms with Gasteiger partial charge in [-0.25, -0.2) is 0 Å². The predicted molar refractivity (Wildman–Crippen MR) is 128 cm³/mol. The lowest BCUT2D eigenvalue weighted by molar-refractivity contribution is -0.117. The second-order valence-electron chi connectivity index (χ2n) is 7.29. The molecule has 0 spiro atoms. The summed E-state index contributed by atoms with van der Waals surface area (Å²) >= 11 is 0. The normalized spacial score (nSPS) is 13.9. The van der Waals surface area contributed by atoms with Gasteiger partial charge in [0, 0.05) is 17.1 Å². The van der Waals surface area contributed by atoms with Crippen molar-refractivity contribution in [2.45, 2.75) is 32.1 Å². The Morgan fingerprint density at radius 2 is 1.40 bits per heavy atom. The second kappa shape index (κ2) is 13.1. The number of hydrogen-bond donors (Lipinski definition) is 3. The summed E-state index contributed by atoms with van der Waals surface area (Å²) in [5, 5.41) is 5.81. The molecule has 1 fully saturated rings. The molecular formula is C22H30Cl2N4O2. The van der Waals surface area contributed by atoms with Gasteiger partial charge in [0.05, 0.1) is 13.0 Å². The highest BCUT2D eigenvalue weighted by Crippen LogP contribution is 2.16. The van der Waals surface area contributed by atoms with Crippen LogP contribution in [0.3, 0.4) is 0 Å². The summed E-state index contributed by atoms with van der Waals surface area (Å²) in [6.07, 6.45) is 5.07. The highest BCUT2D eigenvalue weighted by Gasteiger charge is 2.13. The molecule has 0 aromatic heterocycles. The van der Waals surface area contributed by atoms with Crippen LogP contribution < -0.4 is 16.4 Å². The number of carbonyl (C=O) groups excluding carboxylic acids is 2. The molecule has 164 valence electrons. The molecule has 2 amide bonds. The average Bonchev–Trinajstić information content (AvgIpc) is 2.92. The van der Waals surface area contributed by atoms with Gasteiger partial charge in [0.1, 0.15) is 0 Å². The highest BCUT2D eigenvalue weighted by atomic mass is 35.5. The van der Waals surface area contributed by atoms with Crippen molar-refractivity contribution >= 4 is 53.7 Å². The third-order valence-corrected chi connectivity index (χ3v) is 4.84. The number of likely N-dealkylation sites (tertiary alicyclic amines) is 1. The molecule has 8 heteroatoms. The monoisotopic (exact) mass is 452 g/mol. The van der Waals surface area contributed by atoms with Crippen molar-refractivity contribution in [1.82, 2.24) is 4.90 Å². The summed E-state index contributed by atoms with van der Waals surface area (Å²) in [5.74, 6) is -0.134. The Morgan fingerprint density at radius 3 is 2.00 bits per heavy atom. The molecule has 2 aromatic rings. The van der Waals surface area contributed by atoms with Crippen LogP contribution in [-0.4, -0.2) is 36.3 Å². The lowest BCUT2D eigenvalue weighted by atomic mass is 10.1. The standard InChI is InChI=1S/C22H28N4O2.2ClH/c23-18-10-8-17(9-11-18)14-21(27)24-19-6-5-7-20(15-19)25-22(28)16-26-12-3-1-2-4-13-26;;/h5-11,15H,1-4,12-14,16,23H2,(H,24,27)(H,25,28);2*1H. The molecule has 3 rings (SSSR count). The van der Waals surface area contributed by atoms with E-state index in [-0.39, 0.29) is 43.0 Å². The number of amides is 2. The van der Waals surface area contributed by atoms with Crippen LogP contribution in [0.1, 0.15) is 31.2 Å². The Kier molecular flexibility index (Phi) is 11.3. The lowest BCUT2D eigenvalue weighted by Gasteiger charge is -2.19. The summed E-state index contributed by atoms with van der Waals surface area (Å²) in [6.45, 7) is 2.37. The molecule has 0 bridgehead atoms. The van der Waals surface area contributed by atoms with Crippen molar-refractivity contribution in [3.8, 4) is 0 Å². The molecule has 4 N–H and O–H groups in total. The number of nitrogen functional groups attached to an aromatic ring is 1. The summed E-state index contributed by atoms with van der Waals surface area (Å²) < 4.78 is 0. The summed E-state index contributed by atoms with van der Waals surface area (Å²) in [4.78, 5) is 26.8. The van der Waals surface area contributed by atoms with Gasteiger partial charge in [-0.2, -0.15) is 0 Å². The first-order valence-corrected chi connectivity index (χ1v) is 9.85. The number of hydrogen-bond acceptors (Lipinski definition) is 4. The topological polar surface area (TPSA) is 87.5 Å². The van der Waals surface area contributed by atoms with Crippen LogP contribution in [0.5, 0.6) is 0 Å². The zero-order chi connectivity index (χ0) is 19.8. The number of nitrogens with two attached hydrogens (primary N) is 1. The van der Waals surface area contributed by atoms with Crippen LogP contribution in [0.15, 0.2) is 48.5 Å². The Bertz CT molecular complexity index is 807. The number of halogens is 2. The highest BCUT2D eigenvalue weighted by molar-refractivity contribution is 5.95. The van der Waals surface area contributed by atoms with Gasteiger partial charge in [0.15, 0.2) is 0 Å². The molecule has 1 aliphatic heterocycles. The maximum atomic E-state index is 12.3. The van der Waals surface area contributed by atoms with E-state index in [1.165, 1.54) is 12.8 Å². The number of anilines is 3. The van der Waals surface area contributed by atoms with E-state index in [9.17, 15) is 9.59 Å². The molecule has 0 radical (unpaired) electrons. The molecule has 2 aromatic carbocycles. The molecule has 6 nitrogen and oxygen atoms in total. The van der Waals surface area contributed by atoms with Crippen LogP contribution in [0.25, 0.3) is 0 Å². The second-order valence-corrected chi connectivity index (χ2v) is 7.29. The maximum absolute atomic E-state index is 12.3. The zero-order valence-corrected chi connectivity index (χ0v) is 18.6. The van der Waals surface area contributed by atoms with Gasteiger partial charge in [0.25, 0.3) is 0 Å². The van der Waals surface area contributed by atoms with Crippen molar-refractivity contribution < 1.29 is 9.59 Å². The fourth-order valence-corrected chi connectivity index (χ4v) is 3.40. The van der Waals surface area contributed by atoms with Crippen molar-refractivity contribution in [1.29, 1.82) is 0 Å². The van der Waals surface area contributed by atoms with Gasteiger partial charge < -0.3 is 16.4 Å². The van der Waals surface area contributed by atoms with Crippen LogP contribution in [-0.2, 0) is 16.0 Å². The van der Waals surface area contributed by atoms with Crippen molar-refractivity contribution in [3.63, 3.8) is 0 Å². The third kappa shape index (κ3) is 8.61. The molecule has 1 saturated heterocycles. The molecule has 30 heavy (non-hydrogen) atoms. The zero-order valence-electron chi connectivity index (χ0n) is 16.9. The van der Waals surface area contributed by atoms with Crippen molar-refractivity contribution in [2.24, 2.45) is 0 Å².